The molecule has 1 heterocycles. The Morgan fingerprint density at radius 3 is 2.51 bits per heavy atom. The maximum absolute atomic E-state index is 13.5. The number of halogens is 1. The van der Waals surface area contributed by atoms with E-state index in [4.69, 9.17) is 25.8 Å². The Bertz CT molecular complexity index is 999. The number of hydrogen-bond donors (Lipinski definition) is 1. The van der Waals surface area contributed by atoms with Crippen LogP contribution in [0.3, 0.4) is 0 Å². The lowest BCUT2D eigenvalue weighted by Gasteiger charge is -2.29. The van der Waals surface area contributed by atoms with Crippen molar-refractivity contribution in [2.24, 2.45) is 11.8 Å². The van der Waals surface area contributed by atoms with Gasteiger partial charge in [0, 0.05) is 44.5 Å². The summed E-state index contributed by atoms with van der Waals surface area (Å²) in [6.07, 6.45) is 0.170. The lowest BCUT2D eigenvalue weighted by atomic mass is 10.1. The molecule has 2 aromatic carbocycles. The van der Waals surface area contributed by atoms with Crippen LogP contribution in [-0.4, -0.2) is 43.1 Å². The first kappa shape index (κ1) is 26.8. The average Bonchev–Trinajstić information content (AvgIpc) is 3.06. The Hall–Kier alpha value is -2.77. The maximum atomic E-state index is 13.5. The number of esters is 1. The first-order valence-corrected chi connectivity index (χ1v) is 12.4. The molecule has 0 saturated heterocycles. The zero-order valence-electron chi connectivity index (χ0n) is 20.9. The summed E-state index contributed by atoms with van der Waals surface area (Å²) in [5.41, 5.74) is 1.71. The average molecular weight is 503 g/mol. The van der Waals surface area contributed by atoms with E-state index in [1.165, 1.54) is 6.92 Å². The molecular formula is C27H35ClN2O5. The minimum atomic E-state index is -0.622. The van der Waals surface area contributed by atoms with Gasteiger partial charge in [-0.1, -0.05) is 62.7 Å². The molecule has 2 unspecified atom stereocenters. The summed E-state index contributed by atoms with van der Waals surface area (Å²) in [6, 6.07) is 13.2. The predicted octanol–water partition coefficient (Wildman–Crippen LogP) is 4.97. The predicted molar refractivity (Wildman–Crippen MR) is 135 cm³/mol. The summed E-state index contributed by atoms with van der Waals surface area (Å²) in [4.78, 5) is 26.9. The molecule has 1 aliphatic rings. The molecule has 2 atom stereocenters. The van der Waals surface area contributed by atoms with Crippen LogP contribution >= 0.6 is 11.6 Å². The van der Waals surface area contributed by atoms with Gasteiger partial charge in [0.1, 0.15) is 0 Å². The fourth-order valence-corrected chi connectivity index (χ4v) is 4.26. The number of hydrogen-bond acceptors (Lipinski definition) is 6. The third-order valence-electron chi connectivity index (χ3n) is 5.55. The molecule has 0 saturated carbocycles. The van der Waals surface area contributed by atoms with Crippen LogP contribution in [0, 0.1) is 11.8 Å². The van der Waals surface area contributed by atoms with Gasteiger partial charge in [-0.2, -0.15) is 0 Å². The standard InChI is InChI=1S/C27H35ClN2O5/c1-18(2)16-30(17-21-13-23(28)25-24(14-21)33-11-8-12-34-25)27(32)19(3)15-29-26(35-20(4)31)22-9-6-5-7-10-22/h5-7,9-10,13-14,18-19,26,29H,8,11-12,15-17H2,1-4H3. The molecule has 8 heteroatoms. The zero-order valence-corrected chi connectivity index (χ0v) is 21.6. The number of rotatable bonds is 10. The first-order chi connectivity index (χ1) is 16.7. The Balaban J connectivity index is 1.71. The molecule has 1 amide bonds. The van der Waals surface area contributed by atoms with E-state index in [-0.39, 0.29) is 17.7 Å². The molecular weight excluding hydrogens is 468 g/mol. The van der Waals surface area contributed by atoms with E-state index in [2.05, 4.69) is 19.2 Å². The van der Waals surface area contributed by atoms with E-state index in [0.29, 0.717) is 49.4 Å². The number of fused-ring (bicyclic) bond motifs is 1. The number of nitrogens with zero attached hydrogens (tertiary/aromatic N) is 1. The van der Waals surface area contributed by atoms with Gasteiger partial charge in [-0.3, -0.25) is 14.9 Å². The highest BCUT2D eigenvalue weighted by Crippen LogP contribution is 2.38. The molecule has 0 bridgehead atoms. The SMILES string of the molecule is CC(=O)OC(NCC(C)C(=O)N(Cc1cc(Cl)c2c(c1)OCCCO2)CC(C)C)c1ccccc1. The molecule has 3 rings (SSSR count). The molecule has 0 aromatic heterocycles. The highest BCUT2D eigenvalue weighted by Gasteiger charge is 2.25. The molecule has 2 aromatic rings. The minimum Gasteiger partial charge on any atom is -0.489 e. The quantitative estimate of drug-likeness (QED) is 0.365. The highest BCUT2D eigenvalue weighted by molar-refractivity contribution is 6.32. The van der Waals surface area contributed by atoms with Crippen molar-refractivity contribution in [3.63, 3.8) is 0 Å². The fraction of sp³-hybridized carbons (Fsp3) is 0.481. The van der Waals surface area contributed by atoms with E-state index in [9.17, 15) is 9.59 Å². The molecule has 7 nitrogen and oxygen atoms in total. The van der Waals surface area contributed by atoms with Gasteiger partial charge in [0.15, 0.2) is 17.7 Å². The molecule has 1 N–H and O–H groups in total. The second-order valence-electron chi connectivity index (χ2n) is 9.28. The lowest BCUT2D eigenvalue weighted by molar-refractivity contribution is -0.148. The summed E-state index contributed by atoms with van der Waals surface area (Å²) in [5, 5.41) is 3.71. The number of ether oxygens (including phenoxy) is 3. The van der Waals surface area contributed by atoms with Crippen molar-refractivity contribution in [1.82, 2.24) is 10.2 Å². The van der Waals surface area contributed by atoms with Gasteiger partial charge in [-0.25, -0.2) is 0 Å². The van der Waals surface area contributed by atoms with Crippen molar-refractivity contribution >= 4 is 23.5 Å². The van der Waals surface area contributed by atoms with Crippen molar-refractivity contribution in [3.05, 3.63) is 58.6 Å². The Morgan fingerprint density at radius 1 is 1.11 bits per heavy atom. The van der Waals surface area contributed by atoms with E-state index < -0.39 is 12.2 Å². The number of benzene rings is 2. The largest absolute Gasteiger partial charge is 0.489 e. The highest BCUT2D eigenvalue weighted by atomic mass is 35.5. The van der Waals surface area contributed by atoms with E-state index in [1.54, 1.807) is 0 Å². The molecule has 1 aliphatic heterocycles. The number of carbonyl (C=O) groups excluding carboxylic acids is 2. The number of nitrogens with one attached hydrogen (secondary N) is 1. The van der Waals surface area contributed by atoms with Gasteiger partial charge in [-0.15, -0.1) is 0 Å². The Morgan fingerprint density at radius 2 is 1.83 bits per heavy atom. The molecule has 0 spiro atoms. The van der Waals surface area contributed by atoms with Gasteiger partial charge < -0.3 is 19.1 Å². The van der Waals surface area contributed by atoms with Crippen molar-refractivity contribution in [3.8, 4) is 11.5 Å². The van der Waals surface area contributed by atoms with Crippen molar-refractivity contribution in [1.29, 1.82) is 0 Å². The maximum Gasteiger partial charge on any atom is 0.304 e. The molecule has 0 fully saturated rings. The number of carbonyl (C=O) groups is 2. The first-order valence-electron chi connectivity index (χ1n) is 12.1. The van der Waals surface area contributed by atoms with Crippen LogP contribution in [0.5, 0.6) is 11.5 Å². The topological polar surface area (TPSA) is 77.1 Å². The number of amides is 1. The Labute approximate surface area is 212 Å². The monoisotopic (exact) mass is 502 g/mol. The lowest BCUT2D eigenvalue weighted by Crippen LogP contribution is -2.41. The minimum absolute atomic E-state index is 0.00377. The van der Waals surface area contributed by atoms with Crippen LogP contribution in [0.1, 0.15) is 51.5 Å². The second-order valence-corrected chi connectivity index (χ2v) is 9.68. The van der Waals surface area contributed by atoms with Crippen LogP contribution < -0.4 is 14.8 Å². The second kappa shape index (κ2) is 12.8. The Kier molecular flexibility index (Phi) is 9.81. The summed E-state index contributed by atoms with van der Waals surface area (Å²) >= 11 is 6.48. The zero-order chi connectivity index (χ0) is 25.4. The van der Waals surface area contributed by atoms with Crippen LogP contribution in [0.15, 0.2) is 42.5 Å². The summed E-state index contributed by atoms with van der Waals surface area (Å²) in [6.45, 7) is 9.89. The third kappa shape index (κ3) is 7.87. The normalized spacial score (nSPS) is 14.7. The van der Waals surface area contributed by atoms with E-state index in [0.717, 1.165) is 17.5 Å². The van der Waals surface area contributed by atoms with Crippen LogP contribution in [0.2, 0.25) is 5.02 Å². The van der Waals surface area contributed by atoms with Crippen LogP contribution in [0.25, 0.3) is 0 Å². The smallest absolute Gasteiger partial charge is 0.304 e. The van der Waals surface area contributed by atoms with E-state index >= 15 is 0 Å². The molecule has 0 radical (unpaired) electrons. The van der Waals surface area contributed by atoms with Crippen molar-refractivity contribution < 1.29 is 23.8 Å². The van der Waals surface area contributed by atoms with Gasteiger partial charge >= 0.3 is 5.97 Å². The van der Waals surface area contributed by atoms with Gasteiger partial charge in [0.25, 0.3) is 0 Å². The van der Waals surface area contributed by atoms with Gasteiger partial charge in [0.05, 0.1) is 18.2 Å². The van der Waals surface area contributed by atoms with Gasteiger partial charge in [0.2, 0.25) is 5.91 Å². The summed E-state index contributed by atoms with van der Waals surface area (Å²) in [5.74, 6) is 0.732. The van der Waals surface area contributed by atoms with E-state index in [1.807, 2.05) is 54.3 Å². The molecule has 35 heavy (non-hydrogen) atoms. The third-order valence-corrected chi connectivity index (χ3v) is 5.83. The fourth-order valence-electron chi connectivity index (χ4n) is 3.97. The van der Waals surface area contributed by atoms with Crippen molar-refractivity contribution in [2.45, 2.75) is 46.9 Å². The molecule has 190 valence electrons. The molecule has 0 aliphatic carbocycles. The van der Waals surface area contributed by atoms with Gasteiger partial charge in [-0.05, 0) is 23.6 Å². The summed E-state index contributed by atoms with van der Waals surface area (Å²) < 4.78 is 17.0. The van der Waals surface area contributed by atoms with Crippen LogP contribution in [-0.2, 0) is 20.9 Å². The summed E-state index contributed by atoms with van der Waals surface area (Å²) in [7, 11) is 0. The van der Waals surface area contributed by atoms with Crippen molar-refractivity contribution in [2.75, 3.05) is 26.3 Å². The van der Waals surface area contributed by atoms with Crippen LogP contribution in [0.4, 0.5) is 0 Å².